The third-order valence-corrected chi connectivity index (χ3v) is 4.10. The van der Waals surface area contributed by atoms with Crippen molar-refractivity contribution in [2.45, 2.75) is 13.0 Å². The molecule has 0 saturated carbocycles. The Labute approximate surface area is 124 Å². The molecule has 0 fully saturated rings. The van der Waals surface area contributed by atoms with Gasteiger partial charge in [-0.25, -0.2) is 4.98 Å². The van der Waals surface area contributed by atoms with E-state index in [4.69, 9.17) is 5.11 Å². The van der Waals surface area contributed by atoms with Crippen molar-refractivity contribution in [3.05, 3.63) is 36.0 Å². The van der Waals surface area contributed by atoms with Gasteiger partial charge in [-0.3, -0.25) is 9.89 Å². The SMILES string of the molecule is C[C@H](CO)NC(=O)c1cn[nH]c1-c1nc2ccccc2s1. The average molecular weight is 302 g/mol. The number of carbonyl (C=O) groups excluding carboxylic acids is 1. The Hall–Kier alpha value is -2.25. The maximum Gasteiger partial charge on any atom is 0.255 e. The zero-order chi connectivity index (χ0) is 14.8. The first-order valence-corrected chi connectivity index (χ1v) is 7.31. The number of benzene rings is 1. The molecule has 7 heteroatoms. The lowest BCUT2D eigenvalue weighted by Crippen LogP contribution is -2.35. The van der Waals surface area contributed by atoms with Crippen LogP contribution in [0.25, 0.3) is 20.9 Å². The average Bonchev–Trinajstić information content (AvgIpc) is 3.12. The van der Waals surface area contributed by atoms with Crippen LogP contribution in [0, 0.1) is 0 Å². The molecule has 2 heterocycles. The first-order valence-electron chi connectivity index (χ1n) is 6.50. The molecule has 6 nitrogen and oxygen atoms in total. The molecule has 1 atom stereocenters. The summed E-state index contributed by atoms with van der Waals surface area (Å²) < 4.78 is 1.05. The van der Waals surface area contributed by atoms with Gasteiger partial charge in [0.25, 0.3) is 5.91 Å². The van der Waals surface area contributed by atoms with E-state index in [-0.39, 0.29) is 18.6 Å². The summed E-state index contributed by atoms with van der Waals surface area (Å²) in [7, 11) is 0. The van der Waals surface area contributed by atoms with Crippen molar-refractivity contribution in [2.24, 2.45) is 0 Å². The lowest BCUT2D eigenvalue weighted by Gasteiger charge is -2.09. The topological polar surface area (TPSA) is 90.9 Å². The highest BCUT2D eigenvalue weighted by Crippen LogP contribution is 2.30. The minimum absolute atomic E-state index is 0.111. The third kappa shape index (κ3) is 2.65. The molecule has 1 amide bonds. The number of H-pyrrole nitrogens is 1. The van der Waals surface area contributed by atoms with E-state index in [1.54, 1.807) is 6.92 Å². The molecule has 0 aliphatic carbocycles. The van der Waals surface area contributed by atoms with Crippen molar-refractivity contribution in [3.63, 3.8) is 0 Å². The van der Waals surface area contributed by atoms with E-state index in [1.165, 1.54) is 17.5 Å². The summed E-state index contributed by atoms with van der Waals surface area (Å²) in [6, 6.07) is 7.48. The predicted octanol–water partition coefficient (Wildman–Crippen LogP) is 1.80. The molecule has 3 aromatic rings. The van der Waals surface area contributed by atoms with E-state index in [1.807, 2.05) is 24.3 Å². The largest absolute Gasteiger partial charge is 0.394 e. The quantitative estimate of drug-likeness (QED) is 0.685. The van der Waals surface area contributed by atoms with Gasteiger partial charge in [0.05, 0.1) is 28.6 Å². The number of amides is 1. The highest BCUT2D eigenvalue weighted by molar-refractivity contribution is 7.21. The van der Waals surface area contributed by atoms with Crippen LogP contribution in [-0.4, -0.2) is 38.8 Å². The van der Waals surface area contributed by atoms with Crippen LogP contribution >= 0.6 is 11.3 Å². The second-order valence-corrected chi connectivity index (χ2v) is 5.73. The van der Waals surface area contributed by atoms with E-state index in [0.29, 0.717) is 11.3 Å². The summed E-state index contributed by atoms with van der Waals surface area (Å²) in [5.41, 5.74) is 1.91. The van der Waals surface area contributed by atoms with Crippen molar-refractivity contribution in [2.75, 3.05) is 6.61 Å². The number of nitrogens with one attached hydrogen (secondary N) is 2. The molecule has 2 aromatic heterocycles. The van der Waals surface area contributed by atoms with Gasteiger partial charge in [0.2, 0.25) is 0 Å². The van der Waals surface area contributed by atoms with E-state index in [0.717, 1.165) is 15.2 Å². The number of carbonyl (C=O) groups is 1. The molecular formula is C14H14N4O2S. The molecular weight excluding hydrogens is 288 g/mol. The normalized spacial score (nSPS) is 12.5. The van der Waals surface area contributed by atoms with Gasteiger partial charge in [-0.05, 0) is 19.1 Å². The van der Waals surface area contributed by atoms with Gasteiger partial charge in [0, 0.05) is 6.04 Å². The van der Waals surface area contributed by atoms with Crippen LogP contribution < -0.4 is 5.32 Å². The van der Waals surface area contributed by atoms with Crippen molar-refractivity contribution < 1.29 is 9.90 Å². The Kier molecular flexibility index (Phi) is 3.68. The minimum Gasteiger partial charge on any atom is -0.394 e. The summed E-state index contributed by atoms with van der Waals surface area (Å²) in [5, 5.41) is 19.2. The Bertz CT molecular complexity index is 747. The number of hydrogen-bond donors (Lipinski definition) is 3. The smallest absolute Gasteiger partial charge is 0.255 e. The number of rotatable bonds is 4. The number of thiazole rings is 1. The van der Waals surface area contributed by atoms with Gasteiger partial charge < -0.3 is 10.4 Å². The summed E-state index contributed by atoms with van der Waals surface area (Å²) >= 11 is 1.50. The monoisotopic (exact) mass is 302 g/mol. The molecule has 1 aromatic carbocycles. The summed E-state index contributed by atoms with van der Waals surface area (Å²) in [6.07, 6.45) is 1.47. The Balaban J connectivity index is 1.96. The molecule has 0 aliphatic heterocycles. The van der Waals surface area contributed by atoms with Crippen LogP contribution in [0.3, 0.4) is 0 Å². The second-order valence-electron chi connectivity index (χ2n) is 4.70. The Morgan fingerprint density at radius 1 is 1.48 bits per heavy atom. The Morgan fingerprint density at radius 3 is 3.05 bits per heavy atom. The molecule has 0 spiro atoms. The molecule has 0 aliphatic rings. The summed E-state index contributed by atoms with van der Waals surface area (Å²) in [5.74, 6) is -0.278. The predicted molar refractivity (Wildman–Crippen MR) is 81.2 cm³/mol. The van der Waals surface area contributed by atoms with Gasteiger partial charge in [0.1, 0.15) is 10.7 Å². The molecule has 0 bridgehead atoms. The summed E-state index contributed by atoms with van der Waals surface area (Å²) in [6.45, 7) is 1.62. The van der Waals surface area contributed by atoms with E-state index >= 15 is 0 Å². The Morgan fingerprint density at radius 2 is 2.29 bits per heavy atom. The molecule has 3 N–H and O–H groups in total. The van der Waals surface area contributed by atoms with Crippen molar-refractivity contribution in [1.82, 2.24) is 20.5 Å². The molecule has 0 saturated heterocycles. The number of fused-ring (bicyclic) bond motifs is 1. The van der Waals surface area contributed by atoms with Crippen LogP contribution in [-0.2, 0) is 0 Å². The number of aromatic nitrogens is 3. The van der Waals surface area contributed by atoms with Crippen LogP contribution in [0.1, 0.15) is 17.3 Å². The van der Waals surface area contributed by atoms with E-state index in [9.17, 15) is 4.79 Å². The number of aliphatic hydroxyl groups excluding tert-OH is 1. The summed E-state index contributed by atoms with van der Waals surface area (Å²) in [4.78, 5) is 16.7. The molecule has 3 rings (SSSR count). The molecule has 21 heavy (non-hydrogen) atoms. The highest BCUT2D eigenvalue weighted by atomic mass is 32.1. The molecule has 0 radical (unpaired) electrons. The second kappa shape index (κ2) is 5.63. The van der Waals surface area contributed by atoms with Crippen LogP contribution in [0.4, 0.5) is 0 Å². The van der Waals surface area contributed by atoms with Gasteiger partial charge in [0.15, 0.2) is 0 Å². The highest BCUT2D eigenvalue weighted by Gasteiger charge is 2.19. The zero-order valence-corrected chi connectivity index (χ0v) is 12.1. The fourth-order valence-corrected chi connectivity index (χ4v) is 2.92. The van der Waals surface area contributed by atoms with Crippen molar-refractivity contribution >= 4 is 27.5 Å². The first kappa shape index (κ1) is 13.7. The van der Waals surface area contributed by atoms with Crippen LogP contribution in [0.5, 0.6) is 0 Å². The molecule has 108 valence electrons. The molecule has 0 unspecified atom stereocenters. The number of aliphatic hydroxyl groups is 1. The van der Waals surface area contributed by atoms with E-state index in [2.05, 4.69) is 20.5 Å². The lowest BCUT2D eigenvalue weighted by atomic mass is 10.2. The zero-order valence-electron chi connectivity index (χ0n) is 11.3. The van der Waals surface area contributed by atoms with Gasteiger partial charge >= 0.3 is 0 Å². The maximum absolute atomic E-state index is 12.2. The van der Waals surface area contributed by atoms with Crippen LogP contribution in [0.2, 0.25) is 0 Å². The third-order valence-electron chi connectivity index (χ3n) is 3.04. The van der Waals surface area contributed by atoms with E-state index < -0.39 is 0 Å². The number of aromatic amines is 1. The van der Waals surface area contributed by atoms with Gasteiger partial charge in [-0.15, -0.1) is 11.3 Å². The fourth-order valence-electron chi connectivity index (χ4n) is 1.95. The van der Waals surface area contributed by atoms with Crippen LogP contribution in [0.15, 0.2) is 30.5 Å². The number of hydrogen-bond acceptors (Lipinski definition) is 5. The standard InChI is InChI=1S/C14H14N4O2S/c1-8(7-19)16-13(20)9-6-15-18-12(9)14-17-10-4-2-3-5-11(10)21-14/h2-6,8,19H,7H2,1H3,(H,15,18)(H,16,20)/t8-/m1/s1. The first-order chi connectivity index (χ1) is 10.2. The van der Waals surface area contributed by atoms with Gasteiger partial charge in [-0.1, -0.05) is 12.1 Å². The lowest BCUT2D eigenvalue weighted by molar-refractivity contribution is 0.0923. The van der Waals surface area contributed by atoms with Crippen molar-refractivity contribution in [1.29, 1.82) is 0 Å². The maximum atomic E-state index is 12.2. The fraction of sp³-hybridized carbons (Fsp3) is 0.214. The number of para-hydroxylation sites is 1. The minimum atomic E-state index is -0.310. The van der Waals surface area contributed by atoms with Crippen molar-refractivity contribution in [3.8, 4) is 10.7 Å². The number of nitrogens with zero attached hydrogens (tertiary/aromatic N) is 2. The van der Waals surface area contributed by atoms with Gasteiger partial charge in [-0.2, -0.15) is 5.10 Å².